The van der Waals surface area contributed by atoms with Crippen LogP contribution in [0.4, 0.5) is 0 Å². The Morgan fingerprint density at radius 3 is 2.64 bits per heavy atom. The number of rotatable bonds is 4. The maximum absolute atomic E-state index is 12.4. The van der Waals surface area contributed by atoms with Gasteiger partial charge in [-0.25, -0.2) is 13.1 Å². The lowest BCUT2D eigenvalue weighted by atomic mass is 10.1. The Kier molecular flexibility index (Phi) is 3.54. The second-order valence-electron chi connectivity index (χ2n) is 5.46. The van der Waals surface area contributed by atoms with Gasteiger partial charge in [0.15, 0.2) is 0 Å². The Morgan fingerprint density at radius 2 is 1.95 bits per heavy atom. The minimum atomic E-state index is -3.58. The third kappa shape index (κ3) is 2.65. The van der Waals surface area contributed by atoms with E-state index in [0.717, 1.165) is 22.2 Å². The lowest BCUT2D eigenvalue weighted by molar-refractivity contribution is 0.580. The number of hydrogen-bond acceptors (Lipinski definition) is 3. The van der Waals surface area contributed by atoms with Crippen LogP contribution in [-0.4, -0.2) is 23.6 Å². The molecule has 3 rings (SSSR count). The van der Waals surface area contributed by atoms with E-state index >= 15 is 0 Å². The highest BCUT2D eigenvalue weighted by Crippen LogP contribution is 2.19. The summed E-state index contributed by atoms with van der Waals surface area (Å²) in [6.45, 7) is 5.61. The highest BCUT2D eigenvalue weighted by molar-refractivity contribution is 7.89. The third-order valence-electron chi connectivity index (χ3n) is 3.62. The lowest BCUT2D eigenvalue weighted by Crippen LogP contribution is -2.24. The van der Waals surface area contributed by atoms with Crippen LogP contribution in [0.25, 0.3) is 10.9 Å². The van der Waals surface area contributed by atoms with Gasteiger partial charge in [0, 0.05) is 17.8 Å². The van der Waals surface area contributed by atoms with Crippen LogP contribution in [0.3, 0.4) is 0 Å². The van der Waals surface area contributed by atoms with Gasteiger partial charge in [0.1, 0.15) is 4.90 Å². The number of fused-ring (bicyclic) bond motifs is 1. The molecule has 0 amide bonds. The molecule has 0 unspecified atom stereocenters. The summed E-state index contributed by atoms with van der Waals surface area (Å²) < 4.78 is 27.4. The van der Waals surface area contributed by atoms with Crippen molar-refractivity contribution in [1.29, 1.82) is 0 Å². The molecule has 22 heavy (non-hydrogen) atoms. The average molecular weight is 318 g/mol. The van der Waals surface area contributed by atoms with Gasteiger partial charge < -0.3 is 4.98 Å². The number of hydrogen-bond donors (Lipinski definition) is 3. The standard InChI is InChI=1S/C15H18N4O2S/c1-9-6-13-7-12(4-5-14(13)17-9)8-16-22(20,21)15-10(2)18-19-11(15)3/h4-7,16-17H,8H2,1-3H3,(H,18,19). The van der Waals surface area contributed by atoms with Crippen molar-refractivity contribution in [3.05, 3.63) is 46.9 Å². The molecule has 0 saturated heterocycles. The second kappa shape index (κ2) is 5.26. The first-order valence-corrected chi connectivity index (χ1v) is 8.44. The van der Waals surface area contributed by atoms with Crippen molar-refractivity contribution in [3.63, 3.8) is 0 Å². The van der Waals surface area contributed by atoms with E-state index in [1.807, 2.05) is 31.2 Å². The Morgan fingerprint density at radius 1 is 1.18 bits per heavy atom. The molecule has 0 bridgehead atoms. The topological polar surface area (TPSA) is 90.6 Å². The number of nitrogens with one attached hydrogen (secondary N) is 3. The quantitative estimate of drug-likeness (QED) is 0.689. The van der Waals surface area contributed by atoms with Gasteiger partial charge in [-0.3, -0.25) is 5.10 Å². The number of sulfonamides is 1. The van der Waals surface area contributed by atoms with Gasteiger partial charge in [0.2, 0.25) is 10.0 Å². The van der Waals surface area contributed by atoms with Crippen molar-refractivity contribution >= 4 is 20.9 Å². The zero-order valence-corrected chi connectivity index (χ0v) is 13.5. The highest BCUT2D eigenvalue weighted by Gasteiger charge is 2.21. The van der Waals surface area contributed by atoms with Crippen LogP contribution in [0, 0.1) is 20.8 Å². The molecular weight excluding hydrogens is 300 g/mol. The molecule has 3 aromatic rings. The van der Waals surface area contributed by atoms with Crippen LogP contribution in [0.15, 0.2) is 29.2 Å². The van der Waals surface area contributed by atoms with Crippen molar-refractivity contribution in [2.45, 2.75) is 32.2 Å². The van der Waals surface area contributed by atoms with Gasteiger partial charge in [0.05, 0.1) is 11.4 Å². The number of aryl methyl sites for hydroxylation is 3. The molecule has 0 aliphatic rings. The fourth-order valence-electron chi connectivity index (χ4n) is 2.62. The number of nitrogens with zero attached hydrogens (tertiary/aromatic N) is 1. The molecule has 2 heterocycles. The van der Waals surface area contributed by atoms with Crippen molar-refractivity contribution in [1.82, 2.24) is 19.9 Å². The molecule has 0 radical (unpaired) electrons. The van der Waals surface area contributed by atoms with E-state index in [1.54, 1.807) is 13.8 Å². The Bertz CT molecular complexity index is 918. The molecule has 116 valence electrons. The summed E-state index contributed by atoms with van der Waals surface area (Å²) in [5.74, 6) is 0. The third-order valence-corrected chi connectivity index (χ3v) is 5.28. The summed E-state index contributed by atoms with van der Waals surface area (Å²) >= 11 is 0. The summed E-state index contributed by atoms with van der Waals surface area (Å²) in [5.41, 5.74) is 4.06. The van der Waals surface area contributed by atoms with Crippen LogP contribution in [0.2, 0.25) is 0 Å². The van der Waals surface area contributed by atoms with E-state index in [2.05, 4.69) is 19.9 Å². The first kappa shape index (κ1) is 14.8. The molecule has 0 spiro atoms. The van der Waals surface area contributed by atoms with Gasteiger partial charge in [0.25, 0.3) is 0 Å². The van der Waals surface area contributed by atoms with Crippen molar-refractivity contribution in [3.8, 4) is 0 Å². The molecule has 7 heteroatoms. The van der Waals surface area contributed by atoms with Gasteiger partial charge in [-0.05, 0) is 49.9 Å². The summed E-state index contributed by atoms with van der Waals surface area (Å²) in [5, 5.41) is 7.70. The minimum Gasteiger partial charge on any atom is -0.359 e. The molecular formula is C15H18N4O2S. The van der Waals surface area contributed by atoms with Crippen LogP contribution >= 0.6 is 0 Å². The van der Waals surface area contributed by atoms with Crippen molar-refractivity contribution in [2.75, 3.05) is 0 Å². The van der Waals surface area contributed by atoms with Crippen LogP contribution in [0.1, 0.15) is 22.6 Å². The smallest absolute Gasteiger partial charge is 0.244 e. The fraction of sp³-hybridized carbons (Fsp3) is 0.267. The molecule has 6 nitrogen and oxygen atoms in total. The monoisotopic (exact) mass is 318 g/mol. The maximum Gasteiger partial charge on any atom is 0.244 e. The first-order valence-electron chi connectivity index (χ1n) is 6.96. The maximum atomic E-state index is 12.4. The summed E-state index contributed by atoms with van der Waals surface area (Å²) in [4.78, 5) is 3.47. The minimum absolute atomic E-state index is 0.228. The highest BCUT2D eigenvalue weighted by atomic mass is 32.2. The molecule has 2 aromatic heterocycles. The van der Waals surface area contributed by atoms with E-state index in [0.29, 0.717) is 11.4 Å². The normalized spacial score (nSPS) is 12.1. The van der Waals surface area contributed by atoms with Gasteiger partial charge in [-0.1, -0.05) is 6.07 Å². The van der Waals surface area contributed by atoms with Crippen LogP contribution in [-0.2, 0) is 16.6 Å². The van der Waals surface area contributed by atoms with Gasteiger partial charge in [-0.15, -0.1) is 0 Å². The molecule has 3 N–H and O–H groups in total. The van der Waals surface area contributed by atoms with E-state index < -0.39 is 10.0 Å². The fourth-order valence-corrected chi connectivity index (χ4v) is 4.01. The number of aromatic nitrogens is 3. The Balaban J connectivity index is 1.84. The van der Waals surface area contributed by atoms with Crippen LogP contribution in [0.5, 0.6) is 0 Å². The molecule has 0 aliphatic heterocycles. The molecule has 1 aromatic carbocycles. The number of H-pyrrole nitrogens is 2. The Labute approximate surface area is 129 Å². The lowest BCUT2D eigenvalue weighted by Gasteiger charge is -2.07. The number of aromatic amines is 2. The van der Waals surface area contributed by atoms with Crippen molar-refractivity contribution in [2.24, 2.45) is 0 Å². The SMILES string of the molecule is Cc1cc2cc(CNS(=O)(=O)c3c(C)n[nH]c3C)ccc2[nH]1. The van der Waals surface area contributed by atoms with E-state index in [4.69, 9.17) is 0 Å². The van der Waals surface area contributed by atoms with E-state index in [9.17, 15) is 8.42 Å². The van der Waals surface area contributed by atoms with Crippen LogP contribution < -0.4 is 4.72 Å². The summed E-state index contributed by atoms with van der Waals surface area (Å²) in [6.07, 6.45) is 0. The zero-order chi connectivity index (χ0) is 15.9. The van der Waals surface area contributed by atoms with E-state index in [-0.39, 0.29) is 11.4 Å². The first-order chi connectivity index (χ1) is 10.4. The molecule has 0 saturated carbocycles. The Hall–Kier alpha value is -2.12. The average Bonchev–Trinajstić information content (AvgIpc) is 2.98. The second-order valence-corrected chi connectivity index (χ2v) is 7.17. The van der Waals surface area contributed by atoms with Crippen molar-refractivity contribution < 1.29 is 8.42 Å². The zero-order valence-electron chi connectivity index (χ0n) is 12.7. The molecule has 0 fully saturated rings. The summed E-state index contributed by atoms with van der Waals surface area (Å²) in [6, 6.07) is 7.89. The molecule has 0 aliphatic carbocycles. The van der Waals surface area contributed by atoms with Gasteiger partial charge >= 0.3 is 0 Å². The largest absolute Gasteiger partial charge is 0.359 e. The predicted molar refractivity (Wildman–Crippen MR) is 85.1 cm³/mol. The van der Waals surface area contributed by atoms with E-state index in [1.165, 1.54) is 0 Å². The van der Waals surface area contributed by atoms with Gasteiger partial charge in [-0.2, -0.15) is 5.10 Å². The number of benzene rings is 1. The predicted octanol–water partition coefficient (Wildman–Crippen LogP) is 2.29. The molecule has 0 atom stereocenters. The summed E-state index contributed by atoms with van der Waals surface area (Å²) in [7, 11) is -3.58.